The van der Waals surface area contributed by atoms with Gasteiger partial charge in [-0.05, 0) is 24.3 Å². The molecule has 0 spiro atoms. The van der Waals surface area contributed by atoms with Crippen molar-refractivity contribution in [2.75, 3.05) is 13.1 Å². The number of hydrogen-bond acceptors (Lipinski definition) is 4. The zero-order valence-corrected chi connectivity index (χ0v) is 13.9. The number of carbonyl (C=O) groups is 3. The van der Waals surface area contributed by atoms with E-state index in [4.69, 9.17) is 5.11 Å². The summed E-state index contributed by atoms with van der Waals surface area (Å²) < 4.78 is 0. The molecule has 1 rings (SSSR count). The molecule has 0 saturated heterocycles. The molecule has 0 aromatic carbocycles. The normalized spacial score (nSPS) is 12.0. The first-order chi connectivity index (χ1) is 10.4. The first-order valence-corrected chi connectivity index (χ1v) is 8.09. The molecule has 1 aromatic heterocycles. The third-order valence-corrected chi connectivity index (χ3v) is 4.12. The molecule has 7 heteroatoms. The Hall–Kier alpha value is -1.89. The lowest BCUT2D eigenvalue weighted by atomic mass is 10.0. The highest BCUT2D eigenvalue weighted by atomic mass is 32.1. The van der Waals surface area contributed by atoms with Gasteiger partial charge in [0.05, 0.1) is 11.3 Å². The molecule has 0 bridgehead atoms. The lowest BCUT2D eigenvalue weighted by Gasteiger charge is -2.28. The highest BCUT2D eigenvalue weighted by molar-refractivity contribution is 7.12. The molecule has 0 aliphatic rings. The summed E-state index contributed by atoms with van der Waals surface area (Å²) in [7, 11) is 0. The van der Waals surface area contributed by atoms with Crippen LogP contribution in [0.5, 0.6) is 0 Å². The van der Waals surface area contributed by atoms with Crippen LogP contribution < -0.4 is 5.32 Å². The van der Waals surface area contributed by atoms with E-state index in [0.29, 0.717) is 11.4 Å². The summed E-state index contributed by atoms with van der Waals surface area (Å²) in [5, 5.41) is 13.3. The maximum absolute atomic E-state index is 12.6. The van der Waals surface area contributed by atoms with Crippen molar-refractivity contribution in [3.63, 3.8) is 0 Å². The first kappa shape index (κ1) is 18.2. The van der Waals surface area contributed by atoms with E-state index in [9.17, 15) is 14.4 Å². The fourth-order valence-corrected chi connectivity index (χ4v) is 2.61. The minimum Gasteiger partial charge on any atom is -0.481 e. The Kier molecular flexibility index (Phi) is 7.04. The van der Waals surface area contributed by atoms with Gasteiger partial charge in [0.25, 0.3) is 5.91 Å². The number of carboxylic acid groups (broad SMARTS) is 1. The number of nitrogens with one attached hydrogen (secondary N) is 1. The zero-order valence-electron chi connectivity index (χ0n) is 13.0. The number of thiophene rings is 1. The molecule has 2 N–H and O–H groups in total. The van der Waals surface area contributed by atoms with Gasteiger partial charge in [0.1, 0.15) is 6.04 Å². The molecule has 22 heavy (non-hydrogen) atoms. The van der Waals surface area contributed by atoms with E-state index in [1.807, 2.05) is 13.8 Å². The van der Waals surface area contributed by atoms with Crippen LogP contribution in [-0.4, -0.2) is 46.9 Å². The predicted molar refractivity (Wildman–Crippen MR) is 84.9 cm³/mol. The molecule has 1 atom stereocenters. The number of rotatable bonds is 8. The Morgan fingerprint density at radius 1 is 1.36 bits per heavy atom. The summed E-state index contributed by atoms with van der Waals surface area (Å²) in [4.78, 5) is 37.4. The second-order valence-electron chi connectivity index (χ2n) is 5.23. The summed E-state index contributed by atoms with van der Waals surface area (Å²) in [6.07, 6.45) is -0.108. The molecular formula is C15H22N2O4S. The maximum Gasteiger partial charge on any atom is 0.305 e. The molecular weight excluding hydrogens is 304 g/mol. The van der Waals surface area contributed by atoms with E-state index in [0.717, 1.165) is 0 Å². The number of nitrogens with zero attached hydrogens (tertiary/aromatic N) is 1. The van der Waals surface area contributed by atoms with Gasteiger partial charge < -0.3 is 15.3 Å². The van der Waals surface area contributed by atoms with Crippen molar-refractivity contribution in [2.24, 2.45) is 5.92 Å². The molecule has 122 valence electrons. The average Bonchev–Trinajstić information content (AvgIpc) is 2.98. The van der Waals surface area contributed by atoms with Gasteiger partial charge in [0.2, 0.25) is 5.91 Å². The fraction of sp³-hybridized carbons (Fsp3) is 0.533. The van der Waals surface area contributed by atoms with Crippen LogP contribution in [0.1, 0.15) is 36.9 Å². The van der Waals surface area contributed by atoms with Gasteiger partial charge in [-0.25, -0.2) is 0 Å². The fourth-order valence-electron chi connectivity index (χ4n) is 1.99. The third-order valence-electron chi connectivity index (χ3n) is 3.25. The molecule has 0 radical (unpaired) electrons. The van der Waals surface area contributed by atoms with Gasteiger partial charge in [-0.2, -0.15) is 0 Å². The van der Waals surface area contributed by atoms with Crippen LogP contribution in [0.15, 0.2) is 17.5 Å². The highest BCUT2D eigenvalue weighted by Crippen LogP contribution is 2.12. The number of hydrogen-bond donors (Lipinski definition) is 2. The summed E-state index contributed by atoms with van der Waals surface area (Å²) >= 11 is 1.31. The Balaban J connectivity index is 2.77. The summed E-state index contributed by atoms with van der Waals surface area (Å²) in [6.45, 7) is 6.04. The summed E-state index contributed by atoms with van der Waals surface area (Å²) in [5.74, 6) is -1.56. The Morgan fingerprint density at radius 3 is 2.50 bits per heavy atom. The summed E-state index contributed by atoms with van der Waals surface area (Å²) in [5.41, 5.74) is 0. The standard InChI is InChI=1S/C15H22N2O4S/c1-4-17(8-7-12(18)19)15(21)13(10(2)3)16-14(20)11-6-5-9-22-11/h5-6,9-10,13H,4,7-8H2,1-3H3,(H,16,20)(H,18,19). The number of carbonyl (C=O) groups excluding carboxylic acids is 2. The lowest BCUT2D eigenvalue weighted by molar-refractivity contribution is -0.139. The van der Waals surface area contributed by atoms with Crippen molar-refractivity contribution in [3.8, 4) is 0 Å². The third kappa shape index (κ3) is 5.14. The molecule has 1 heterocycles. The Labute approximate surface area is 134 Å². The van der Waals surface area contributed by atoms with Gasteiger partial charge >= 0.3 is 5.97 Å². The van der Waals surface area contributed by atoms with E-state index in [1.165, 1.54) is 16.2 Å². The highest BCUT2D eigenvalue weighted by Gasteiger charge is 2.28. The van der Waals surface area contributed by atoms with Gasteiger partial charge in [-0.15, -0.1) is 11.3 Å². The second-order valence-corrected chi connectivity index (χ2v) is 6.18. The smallest absolute Gasteiger partial charge is 0.305 e. The van der Waals surface area contributed by atoms with Crippen molar-refractivity contribution in [2.45, 2.75) is 33.2 Å². The van der Waals surface area contributed by atoms with Gasteiger partial charge in [0, 0.05) is 13.1 Å². The molecule has 1 aromatic rings. The van der Waals surface area contributed by atoms with E-state index < -0.39 is 12.0 Å². The topological polar surface area (TPSA) is 86.7 Å². The van der Waals surface area contributed by atoms with Gasteiger partial charge in [-0.1, -0.05) is 19.9 Å². The van der Waals surface area contributed by atoms with Crippen LogP contribution in [0.2, 0.25) is 0 Å². The first-order valence-electron chi connectivity index (χ1n) is 7.21. The number of carboxylic acids is 1. The van der Waals surface area contributed by atoms with Crippen LogP contribution in [-0.2, 0) is 9.59 Å². The minimum absolute atomic E-state index is 0.0877. The molecule has 0 aliphatic carbocycles. The van der Waals surface area contributed by atoms with E-state index in [-0.39, 0.29) is 30.7 Å². The molecule has 0 fully saturated rings. The molecule has 1 unspecified atom stereocenters. The van der Waals surface area contributed by atoms with Crippen molar-refractivity contribution >= 4 is 29.1 Å². The maximum atomic E-state index is 12.6. The van der Waals surface area contributed by atoms with Gasteiger partial charge in [0.15, 0.2) is 0 Å². The average molecular weight is 326 g/mol. The van der Waals surface area contributed by atoms with Crippen molar-refractivity contribution in [1.29, 1.82) is 0 Å². The molecule has 2 amide bonds. The number of likely N-dealkylation sites (N-methyl/N-ethyl adjacent to an activating group) is 1. The van der Waals surface area contributed by atoms with Crippen LogP contribution >= 0.6 is 11.3 Å². The summed E-state index contributed by atoms with van der Waals surface area (Å²) in [6, 6.07) is 2.81. The van der Waals surface area contributed by atoms with Crippen molar-refractivity contribution in [1.82, 2.24) is 10.2 Å². The SMILES string of the molecule is CCN(CCC(=O)O)C(=O)C(NC(=O)c1cccs1)C(C)C. The molecule has 0 saturated carbocycles. The quantitative estimate of drug-likeness (QED) is 0.763. The van der Waals surface area contributed by atoms with E-state index in [2.05, 4.69) is 5.32 Å². The Bertz CT molecular complexity index is 514. The lowest BCUT2D eigenvalue weighted by Crippen LogP contribution is -2.51. The Morgan fingerprint density at radius 2 is 2.05 bits per heavy atom. The van der Waals surface area contributed by atoms with E-state index in [1.54, 1.807) is 24.4 Å². The van der Waals surface area contributed by atoms with Crippen molar-refractivity contribution < 1.29 is 19.5 Å². The molecule has 0 aliphatic heterocycles. The van der Waals surface area contributed by atoms with E-state index >= 15 is 0 Å². The van der Waals surface area contributed by atoms with Gasteiger partial charge in [-0.3, -0.25) is 14.4 Å². The monoisotopic (exact) mass is 326 g/mol. The number of amides is 2. The number of aliphatic carboxylic acids is 1. The van der Waals surface area contributed by atoms with Crippen molar-refractivity contribution in [3.05, 3.63) is 22.4 Å². The van der Waals surface area contributed by atoms with Crippen LogP contribution in [0.25, 0.3) is 0 Å². The minimum atomic E-state index is -0.949. The van der Waals surface area contributed by atoms with Crippen LogP contribution in [0, 0.1) is 5.92 Å². The largest absolute Gasteiger partial charge is 0.481 e. The zero-order chi connectivity index (χ0) is 16.7. The predicted octanol–water partition coefficient (Wildman–Crippen LogP) is 1.83. The van der Waals surface area contributed by atoms with Crippen LogP contribution in [0.4, 0.5) is 0 Å². The van der Waals surface area contributed by atoms with Crippen LogP contribution in [0.3, 0.4) is 0 Å². The molecule has 6 nitrogen and oxygen atoms in total. The second kappa shape index (κ2) is 8.53.